The molecule has 3 aliphatic rings. The molecule has 0 fully saturated rings. The van der Waals surface area contributed by atoms with Crippen molar-refractivity contribution in [1.82, 2.24) is 0 Å². The topological polar surface area (TPSA) is 6.48 Å². The number of para-hydroxylation sites is 1. The van der Waals surface area contributed by atoms with Gasteiger partial charge >= 0.3 is 0 Å². The minimum atomic E-state index is -0.0534. The van der Waals surface area contributed by atoms with E-state index >= 15 is 0 Å². The Hall–Kier alpha value is -5.60. The Morgan fingerprint density at radius 3 is 2.16 bits per heavy atom. The van der Waals surface area contributed by atoms with Crippen molar-refractivity contribution in [2.24, 2.45) is 0 Å². The van der Waals surface area contributed by atoms with E-state index in [-0.39, 0.29) is 5.41 Å². The van der Waals surface area contributed by atoms with Gasteiger partial charge in [-0.05, 0) is 89.0 Å². The molecule has 6 aromatic carbocycles. The van der Waals surface area contributed by atoms with Crippen LogP contribution >= 0.6 is 0 Å². The molecule has 0 bridgehead atoms. The van der Waals surface area contributed by atoms with Crippen LogP contribution in [-0.2, 0) is 5.41 Å². The lowest BCUT2D eigenvalue weighted by Gasteiger charge is -2.34. The van der Waals surface area contributed by atoms with E-state index in [9.17, 15) is 0 Å². The fourth-order valence-electron chi connectivity index (χ4n) is 7.66. The minimum Gasteiger partial charge on any atom is -0.313 e. The first-order valence-electron chi connectivity index (χ1n) is 15.8. The highest BCUT2D eigenvalue weighted by molar-refractivity contribution is 5.99. The van der Waals surface area contributed by atoms with Crippen LogP contribution in [0.25, 0.3) is 28.0 Å². The van der Waals surface area contributed by atoms with Crippen LogP contribution < -0.4 is 9.80 Å². The molecule has 45 heavy (non-hydrogen) atoms. The quantitative estimate of drug-likeness (QED) is 0.188. The third-order valence-electron chi connectivity index (χ3n) is 9.65. The van der Waals surface area contributed by atoms with Crippen molar-refractivity contribution in [1.29, 1.82) is 0 Å². The summed E-state index contributed by atoms with van der Waals surface area (Å²) in [7, 11) is 0. The molecular weight excluding hydrogens is 544 g/mol. The second kappa shape index (κ2) is 10.2. The molecule has 1 unspecified atom stereocenters. The monoisotopic (exact) mass is 576 g/mol. The van der Waals surface area contributed by atoms with Crippen LogP contribution in [0.5, 0.6) is 0 Å². The molecule has 1 atom stereocenters. The SMILES string of the molecule is C1=CC23CC=Cc4cccc(c42)N(c2ccc(-c4ccc(N(c5ccccc5)c5cccc6ccccc56)cc4)cc2)C3=CC1. The van der Waals surface area contributed by atoms with Gasteiger partial charge in [0.2, 0.25) is 0 Å². The van der Waals surface area contributed by atoms with Gasteiger partial charge in [0.15, 0.2) is 0 Å². The highest BCUT2D eigenvalue weighted by Crippen LogP contribution is 2.58. The third kappa shape index (κ3) is 4.03. The van der Waals surface area contributed by atoms with Crippen LogP contribution in [0.3, 0.4) is 0 Å². The van der Waals surface area contributed by atoms with Crippen molar-refractivity contribution in [3.63, 3.8) is 0 Å². The molecule has 2 aliphatic carbocycles. The van der Waals surface area contributed by atoms with Gasteiger partial charge in [0, 0.05) is 28.1 Å². The summed E-state index contributed by atoms with van der Waals surface area (Å²) in [5.41, 5.74) is 12.5. The molecule has 0 N–H and O–H groups in total. The second-order valence-corrected chi connectivity index (χ2v) is 12.1. The Balaban J connectivity index is 1.07. The number of benzene rings is 6. The Bertz CT molecular complexity index is 2150. The number of allylic oxidation sites excluding steroid dienone is 4. The maximum Gasteiger partial charge on any atom is 0.0596 e. The smallest absolute Gasteiger partial charge is 0.0596 e. The predicted molar refractivity (Wildman–Crippen MR) is 190 cm³/mol. The Kier molecular flexibility index (Phi) is 5.89. The predicted octanol–water partition coefficient (Wildman–Crippen LogP) is 11.6. The lowest BCUT2D eigenvalue weighted by molar-refractivity contribution is 0.638. The first-order valence-corrected chi connectivity index (χ1v) is 15.8. The van der Waals surface area contributed by atoms with Crippen molar-refractivity contribution in [2.75, 3.05) is 9.80 Å². The van der Waals surface area contributed by atoms with Crippen LogP contribution in [0.1, 0.15) is 24.0 Å². The number of fused-ring (bicyclic) bond motifs is 1. The van der Waals surface area contributed by atoms with E-state index in [0.29, 0.717) is 0 Å². The molecule has 0 radical (unpaired) electrons. The lowest BCUT2D eigenvalue weighted by atomic mass is 9.70. The molecule has 0 saturated carbocycles. The zero-order chi connectivity index (χ0) is 29.8. The minimum absolute atomic E-state index is 0.0534. The highest BCUT2D eigenvalue weighted by atomic mass is 15.2. The van der Waals surface area contributed by atoms with E-state index in [1.165, 1.54) is 55.8 Å². The Morgan fingerprint density at radius 2 is 1.31 bits per heavy atom. The Labute approximate surface area is 264 Å². The third-order valence-corrected chi connectivity index (χ3v) is 9.65. The molecule has 2 nitrogen and oxygen atoms in total. The fraction of sp³-hybridized carbons (Fsp3) is 0.0698. The first kappa shape index (κ1) is 25.9. The van der Waals surface area contributed by atoms with E-state index in [2.05, 4.69) is 180 Å². The molecule has 6 aromatic rings. The van der Waals surface area contributed by atoms with Gasteiger partial charge in [0.05, 0.1) is 16.8 Å². The molecule has 1 spiro atoms. The summed E-state index contributed by atoms with van der Waals surface area (Å²) in [4.78, 5) is 4.85. The largest absolute Gasteiger partial charge is 0.313 e. The molecule has 2 heteroatoms. The zero-order valence-electron chi connectivity index (χ0n) is 25.0. The molecule has 9 rings (SSSR count). The average molecular weight is 577 g/mol. The van der Waals surface area contributed by atoms with Gasteiger partial charge in [-0.2, -0.15) is 0 Å². The van der Waals surface area contributed by atoms with Gasteiger partial charge in [-0.3, -0.25) is 0 Å². The molecule has 1 aliphatic heterocycles. The second-order valence-electron chi connectivity index (χ2n) is 12.1. The number of nitrogens with zero attached hydrogens (tertiary/aromatic N) is 2. The van der Waals surface area contributed by atoms with E-state index < -0.39 is 0 Å². The maximum atomic E-state index is 2.49. The first-order chi connectivity index (χ1) is 22.3. The highest BCUT2D eigenvalue weighted by Gasteiger charge is 2.48. The van der Waals surface area contributed by atoms with Crippen molar-refractivity contribution in [2.45, 2.75) is 18.3 Å². The number of rotatable bonds is 5. The molecule has 0 saturated heterocycles. The summed E-state index contributed by atoms with van der Waals surface area (Å²) >= 11 is 0. The number of hydrogen-bond donors (Lipinski definition) is 0. The van der Waals surface area contributed by atoms with Crippen LogP contribution in [0, 0.1) is 0 Å². The summed E-state index contributed by atoms with van der Waals surface area (Å²) in [6, 6.07) is 50.6. The molecule has 0 aromatic heterocycles. The van der Waals surface area contributed by atoms with Gasteiger partial charge in [-0.15, -0.1) is 0 Å². The van der Waals surface area contributed by atoms with Gasteiger partial charge in [0.25, 0.3) is 0 Å². The van der Waals surface area contributed by atoms with Crippen molar-refractivity contribution in [3.8, 4) is 11.1 Å². The summed E-state index contributed by atoms with van der Waals surface area (Å²) in [5, 5.41) is 2.47. The van der Waals surface area contributed by atoms with Gasteiger partial charge in [0.1, 0.15) is 0 Å². The van der Waals surface area contributed by atoms with Crippen molar-refractivity contribution < 1.29 is 0 Å². The van der Waals surface area contributed by atoms with Crippen LogP contribution in [0.2, 0.25) is 0 Å². The van der Waals surface area contributed by atoms with E-state index in [1.807, 2.05) is 0 Å². The van der Waals surface area contributed by atoms with Gasteiger partial charge < -0.3 is 9.80 Å². The summed E-state index contributed by atoms with van der Waals surface area (Å²) in [6.07, 6.45) is 13.8. The molecule has 0 amide bonds. The molecular formula is C43H32N2. The zero-order valence-corrected chi connectivity index (χ0v) is 25.0. The summed E-state index contributed by atoms with van der Waals surface area (Å²) in [5.74, 6) is 0. The summed E-state index contributed by atoms with van der Waals surface area (Å²) < 4.78 is 0. The van der Waals surface area contributed by atoms with Crippen molar-refractivity contribution >= 4 is 45.3 Å². The van der Waals surface area contributed by atoms with Crippen molar-refractivity contribution in [3.05, 3.63) is 181 Å². The average Bonchev–Trinajstić information content (AvgIpc) is 3.41. The van der Waals surface area contributed by atoms with E-state index in [1.54, 1.807) is 0 Å². The maximum absolute atomic E-state index is 2.49. The number of anilines is 5. The van der Waals surface area contributed by atoms with Gasteiger partial charge in [-0.1, -0.05) is 121 Å². The molecule has 214 valence electrons. The standard InChI is InChI=1S/C43H32N2/c1-2-15-35(16-3-1)44(39-18-8-12-33-11-4-5-17-38(33)39)36-25-21-31(22-26-36)32-23-27-37(28-24-32)45-40-19-9-13-34-14-10-30-43(42(34)40)29-7-6-20-41(43)45/h1-5,7-29H,6,30H2. The number of hydrogen-bond acceptors (Lipinski definition) is 2. The van der Waals surface area contributed by atoms with Crippen LogP contribution in [-0.4, -0.2) is 0 Å². The molecule has 1 heterocycles. The van der Waals surface area contributed by atoms with Gasteiger partial charge in [-0.25, -0.2) is 0 Å². The normalized spacial score (nSPS) is 17.6. The fourth-order valence-corrected chi connectivity index (χ4v) is 7.66. The van der Waals surface area contributed by atoms with E-state index in [4.69, 9.17) is 0 Å². The van der Waals surface area contributed by atoms with E-state index in [0.717, 1.165) is 24.2 Å². The Morgan fingerprint density at radius 1 is 0.600 bits per heavy atom. The lowest BCUT2D eigenvalue weighted by Crippen LogP contribution is -2.29. The van der Waals surface area contributed by atoms with Crippen LogP contribution in [0.4, 0.5) is 28.4 Å². The summed E-state index contributed by atoms with van der Waals surface area (Å²) in [6.45, 7) is 0. The van der Waals surface area contributed by atoms with Crippen LogP contribution in [0.15, 0.2) is 170 Å².